The molecule has 0 bridgehead atoms. The van der Waals surface area contributed by atoms with E-state index in [1.165, 1.54) is 0 Å². The van der Waals surface area contributed by atoms with Gasteiger partial charge >= 0.3 is 12.4 Å². The van der Waals surface area contributed by atoms with Gasteiger partial charge in [0, 0.05) is 31.6 Å². The minimum absolute atomic E-state index is 0.0437. The number of piperidine rings is 1. The van der Waals surface area contributed by atoms with E-state index in [1.54, 1.807) is 0 Å². The molecule has 1 amide bonds. The Morgan fingerprint density at radius 2 is 1.77 bits per heavy atom. The number of aldehydes is 1. The molecular formula is C22H29F6N3O4. The number of nitrogens with one attached hydrogen (secondary N) is 1. The summed E-state index contributed by atoms with van der Waals surface area (Å²) in [5.74, 6) is -1.58. The molecule has 0 spiro atoms. The summed E-state index contributed by atoms with van der Waals surface area (Å²) >= 11 is 0. The molecule has 35 heavy (non-hydrogen) atoms. The Bertz CT molecular complexity index is 834. The highest BCUT2D eigenvalue weighted by molar-refractivity contribution is 5.97. The van der Waals surface area contributed by atoms with Crippen LogP contribution in [-0.4, -0.2) is 74.4 Å². The van der Waals surface area contributed by atoms with Gasteiger partial charge in [-0.1, -0.05) is 0 Å². The Morgan fingerprint density at radius 3 is 2.43 bits per heavy atom. The van der Waals surface area contributed by atoms with Crippen molar-refractivity contribution in [2.45, 2.75) is 56.5 Å². The van der Waals surface area contributed by atoms with E-state index in [2.05, 4.69) is 15.0 Å². The first-order valence-corrected chi connectivity index (χ1v) is 11.1. The fourth-order valence-electron chi connectivity index (χ4n) is 3.71. The molecule has 2 rings (SSSR count). The van der Waals surface area contributed by atoms with Crippen LogP contribution < -0.4 is 20.5 Å². The quantitative estimate of drug-likeness (QED) is 0.253. The Balaban J connectivity index is 2.10. The van der Waals surface area contributed by atoms with Crippen LogP contribution in [0.2, 0.25) is 0 Å². The monoisotopic (exact) mass is 513 g/mol. The molecule has 1 aliphatic rings. The molecule has 0 aliphatic carbocycles. The number of carbonyl (C=O) groups is 2. The largest absolute Gasteiger partial charge is 0.484 e. The van der Waals surface area contributed by atoms with Crippen molar-refractivity contribution in [3.63, 3.8) is 0 Å². The first-order chi connectivity index (χ1) is 16.4. The van der Waals surface area contributed by atoms with Crippen LogP contribution in [0.4, 0.5) is 26.3 Å². The maximum atomic E-state index is 12.8. The third kappa shape index (κ3) is 10.7. The number of halogens is 6. The third-order valence-corrected chi connectivity index (χ3v) is 5.36. The van der Waals surface area contributed by atoms with Crippen molar-refractivity contribution >= 4 is 12.2 Å². The summed E-state index contributed by atoms with van der Waals surface area (Å²) in [5, 5.41) is 2.64. The van der Waals surface area contributed by atoms with Gasteiger partial charge in [0.2, 0.25) is 0 Å². The lowest BCUT2D eigenvalue weighted by molar-refractivity contribution is -0.154. The van der Waals surface area contributed by atoms with Gasteiger partial charge in [-0.05, 0) is 50.4 Å². The summed E-state index contributed by atoms with van der Waals surface area (Å²) in [7, 11) is 0. The number of hydrogen-bond donors (Lipinski definition) is 2. The Morgan fingerprint density at radius 1 is 1.09 bits per heavy atom. The minimum atomic E-state index is -4.68. The zero-order valence-corrected chi connectivity index (χ0v) is 19.0. The van der Waals surface area contributed by atoms with E-state index in [0.29, 0.717) is 38.8 Å². The van der Waals surface area contributed by atoms with Gasteiger partial charge in [0.25, 0.3) is 5.91 Å². The van der Waals surface area contributed by atoms with Crippen molar-refractivity contribution in [2.75, 3.05) is 32.8 Å². The van der Waals surface area contributed by atoms with Crippen LogP contribution in [0.5, 0.6) is 11.5 Å². The Labute approximate surface area is 198 Å². The number of likely N-dealkylation sites (tertiary alicyclic amines) is 1. The van der Waals surface area contributed by atoms with E-state index >= 15 is 0 Å². The van der Waals surface area contributed by atoms with Gasteiger partial charge in [-0.15, -0.1) is 0 Å². The number of nitrogens with two attached hydrogens (primary N) is 1. The van der Waals surface area contributed by atoms with Crippen LogP contribution >= 0.6 is 0 Å². The smallest absolute Gasteiger partial charge is 0.422 e. The van der Waals surface area contributed by atoms with Crippen molar-refractivity contribution in [1.29, 1.82) is 0 Å². The number of unbranched alkanes of at least 4 members (excludes halogenated alkanes) is 2. The molecule has 198 valence electrons. The van der Waals surface area contributed by atoms with E-state index in [0.717, 1.165) is 30.9 Å². The van der Waals surface area contributed by atoms with Gasteiger partial charge in [0.1, 0.15) is 17.8 Å². The van der Waals surface area contributed by atoms with Crippen molar-refractivity contribution in [3.8, 4) is 11.5 Å². The second-order valence-electron chi connectivity index (χ2n) is 8.32. The summed E-state index contributed by atoms with van der Waals surface area (Å²) in [6.45, 7) is -1.92. The summed E-state index contributed by atoms with van der Waals surface area (Å²) in [6.07, 6.45) is -5.19. The molecular weight excluding hydrogens is 484 g/mol. The SMILES string of the molecule is NC1CCC(CNC(=O)c2cc(OCC(F)(F)F)ccc2OCC(F)(F)F)N(CCCCC=O)C1. The molecule has 1 aromatic carbocycles. The van der Waals surface area contributed by atoms with Gasteiger partial charge in [-0.3, -0.25) is 9.69 Å². The van der Waals surface area contributed by atoms with Crippen molar-refractivity contribution in [3.05, 3.63) is 23.8 Å². The van der Waals surface area contributed by atoms with E-state index < -0.39 is 37.2 Å². The number of benzene rings is 1. The predicted molar refractivity (Wildman–Crippen MR) is 114 cm³/mol. The van der Waals surface area contributed by atoms with Crippen molar-refractivity contribution in [2.24, 2.45) is 5.73 Å². The number of rotatable bonds is 12. The van der Waals surface area contributed by atoms with Gasteiger partial charge in [-0.2, -0.15) is 26.3 Å². The zero-order chi connectivity index (χ0) is 26.1. The molecule has 1 aromatic rings. The topological polar surface area (TPSA) is 93.9 Å². The van der Waals surface area contributed by atoms with Gasteiger partial charge in [0.05, 0.1) is 5.56 Å². The van der Waals surface area contributed by atoms with E-state index in [1.807, 2.05) is 0 Å². The van der Waals surface area contributed by atoms with Gasteiger partial charge in [0.15, 0.2) is 13.2 Å². The summed E-state index contributed by atoms with van der Waals surface area (Å²) in [5.41, 5.74) is 5.67. The summed E-state index contributed by atoms with van der Waals surface area (Å²) in [6, 6.07) is 2.74. The maximum absolute atomic E-state index is 12.8. The summed E-state index contributed by atoms with van der Waals surface area (Å²) in [4.78, 5) is 25.4. The van der Waals surface area contributed by atoms with Crippen LogP contribution in [0, 0.1) is 0 Å². The lowest BCUT2D eigenvalue weighted by Gasteiger charge is -2.38. The van der Waals surface area contributed by atoms with Crippen LogP contribution in [0.3, 0.4) is 0 Å². The second kappa shape index (κ2) is 13.0. The number of alkyl halides is 6. The highest BCUT2D eigenvalue weighted by Crippen LogP contribution is 2.28. The van der Waals surface area contributed by atoms with Crippen LogP contribution in [0.1, 0.15) is 42.5 Å². The predicted octanol–water partition coefficient (Wildman–Crippen LogP) is 3.46. The maximum Gasteiger partial charge on any atom is 0.422 e. The fourth-order valence-corrected chi connectivity index (χ4v) is 3.71. The number of ether oxygens (including phenoxy) is 2. The molecule has 13 heteroatoms. The van der Waals surface area contributed by atoms with E-state index in [-0.39, 0.29) is 29.9 Å². The number of nitrogens with zero attached hydrogens (tertiary/aromatic N) is 1. The normalized spacial score (nSPS) is 19.3. The average Bonchev–Trinajstić information content (AvgIpc) is 2.77. The molecule has 0 aromatic heterocycles. The molecule has 2 atom stereocenters. The zero-order valence-electron chi connectivity index (χ0n) is 19.0. The Hall–Kier alpha value is -2.54. The molecule has 0 saturated carbocycles. The average molecular weight is 513 g/mol. The lowest BCUT2D eigenvalue weighted by Crippen LogP contribution is -2.53. The fraction of sp³-hybridized carbons (Fsp3) is 0.636. The second-order valence-corrected chi connectivity index (χ2v) is 8.32. The highest BCUT2D eigenvalue weighted by atomic mass is 19.4. The molecule has 3 N–H and O–H groups in total. The minimum Gasteiger partial charge on any atom is -0.484 e. The van der Waals surface area contributed by atoms with Gasteiger partial charge in [-0.25, -0.2) is 0 Å². The number of amides is 1. The van der Waals surface area contributed by atoms with Crippen molar-refractivity contribution in [1.82, 2.24) is 10.2 Å². The van der Waals surface area contributed by atoms with E-state index in [9.17, 15) is 35.9 Å². The lowest BCUT2D eigenvalue weighted by atomic mass is 9.98. The number of hydrogen-bond acceptors (Lipinski definition) is 6. The van der Waals surface area contributed by atoms with Crippen LogP contribution in [0.15, 0.2) is 18.2 Å². The Kier molecular flexibility index (Phi) is 10.6. The third-order valence-electron chi connectivity index (χ3n) is 5.36. The standard InChI is InChI=1S/C22H29F6N3O4/c23-21(24,25)13-34-17-6-7-19(35-14-22(26,27)28)18(10-17)20(33)30-11-16-5-4-15(29)12-31(16)8-2-1-3-9-32/h6-7,9-10,15-16H,1-5,8,11-14,29H2,(H,30,33). The number of carbonyl (C=O) groups excluding carboxylic acids is 2. The molecule has 1 fully saturated rings. The molecule has 1 saturated heterocycles. The van der Waals surface area contributed by atoms with Crippen molar-refractivity contribution < 1.29 is 45.4 Å². The molecule has 0 radical (unpaired) electrons. The van der Waals surface area contributed by atoms with Gasteiger partial charge < -0.3 is 25.3 Å². The van der Waals surface area contributed by atoms with E-state index in [4.69, 9.17) is 10.5 Å². The molecule has 7 nitrogen and oxygen atoms in total. The first-order valence-electron chi connectivity index (χ1n) is 11.1. The molecule has 1 heterocycles. The highest BCUT2D eigenvalue weighted by Gasteiger charge is 2.31. The summed E-state index contributed by atoms with van der Waals surface area (Å²) < 4.78 is 84.6. The first kappa shape index (κ1) is 28.7. The molecule has 1 aliphatic heterocycles. The van der Waals surface area contributed by atoms with Crippen LogP contribution in [0.25, 0.3) is 0 Å². The molecule has 2 unspecified atom stereocenters. The van der Waals surface area contributed by atoms with Crippen LogP contribution in [-0.2, 0) is 4.79 Å².